The summed E-state index contributed by atoms with van der Waals surface area (Å²) in [5, 5.41) is 3.67. The molecule has 2 aromatic rings. The zero-order valence-electron chi connectivity index (χ0n) is 13.0. The first-order chi connectivity index (χ1) is 11.1. The van der Waals surface area contributed by atoms with Gasteiger partial charge in [-0.3, -0.25) is 4.79 Å². The molecule has 1 aliphatic carbocycles. The molecule has 0 radical (unpaired) electrons. The number of amides is 1. The van der Waals surface area contributed by atoms with Gasteiger partial charge in [-0.2, -0.15) is 0 Å². The normalized spacial score (nSPS) is 17.3. The minimum atomic E-state index is -0.382. The van der Waals surface area contributed by atoms with Gasteiger partial charge in [0.1, 0.15) is 0 Å². The van der Waals surface area contributed by atoms with E-state index in [1.54, 1.807) is 12.1 Å². The van der Waals surface area contributed by atoms with Gasteiger partial charge in [-0.25, -0.2) is 0 Å². The minimum Gasteiger partial charge on any atom is -0.366 e. The van der Waals surface area contributed by atoms with E-state index in [1.807, 2.05) is 12.1 Å². The summed E-state index contributed by atoms with van der Waals surface area (Å²) in [5.74, 6) is -0.382. The van der Waals surface area contributed by atoms with Gasteiger partial charge in [-0.1, -0.05) is 40.5 Å². The Hall–Kier alpha value is -1.65. The van der Waals surface area contributed by atoms with E-state index in [2.05, 4.69) is 39.4 Å². The summed E-state index contributed by atoms with van der Waals surface area (Å²) in [6.07, 6.45) is 4.80. The number of nitrogens with one attached hydrogen (secondary N) is 1. The number of carbonyl (C=O) groups excluding carboxylic acids is 1. The number of hydrogen-bond donors (Lipinski definition) is 2. The maximum Gasteiger partial charge on any atom is 0.248 e. The quantitative estimate of drug-likeness (QED) is 0.793. The predicted octanol–water partition coefficient (Wildman–Crippen LogP) is 4.11. The summed E-state index contributed by atoms with van der Waals surface area (Å²) >= 11 is 3.57. The second-order valence-electron chi connectivity index (χ2n) is 6.08. The Balaban J connectivity index is 1.71. The highest BCUT2D eigenvalue weighted by atomic mass is 79.9. The highest BCUT2D eigenvalue weighted by Crippen LogP contribution is 2.30. The average Bonchev–Trinajstić information content (AvgIpc) is 2.75. The van der Waals surface area contributed by atoms with E-state index in [9.17, 15) is 4.79 Å². The first-order valence-corrected chi connectivity index (χ1v) is 8.83. The standard InChI is InChI=1S/C19H21BrN2O/c20-16-9-10-17-15(11-16)3-1-2-4-18(17)22-12-13-5-7-14(8-6-13)19(21)23/h5-11,18,22H,1-4,12H2,(H2,21,23). The van der Waals surface area contributed by atoms with Gasteiger partial charge >= 0.3 is 0 Å². The molecule has 3 rings (SSSR count). The molecule has 0 fully saturated rings. The van der Waals surface area contributed by atoms with Gasteiger partial charge in [0, 0.05) is 22.6 Å². The maximum absolute atomic E-state index is 11.1. The van der Waals surface area contributed by atoms with Crippen molar-refractivity contribution in [3.8, 4) is 0 Å². The van der Waals surface area contributed by atoms with E-state index in [0.29, 0.717) is 11.6 Å². The highest BCUT2D eigenvalue weighted by Gasteiger charge is 2.18. The average molecular weight is 373 g/mol. The third-order valence-electron chi connectivity index (χ3n) is 4.46. The summed E-state index contributed by atoms with van der Waals surface area (Å²) in [6.45, 7) is 0.791. The van der Waals surface area contributed by atoms with Crippen LogP contribution in [0.5, 0.6) is 0 Å². The molecule has 23 heavy (non-hydrogen) atoms. The molecule has 0 spiro atoms. The second kappa shape index (κ2) is 7.28. The number of benzene rings is 2. The molecule has 3 N–H and O–H groups in total. The van der Waals surface area contributed by atoms with Crippen LogP contribution in [0.4, 0.5) is 0 Å². The van der Waals surface area contributed by atoms with Gasteiger partial charge in [0.2, 0.25) is 5.91 Å². The molecule has 3 nitrogen and oxygen atoms in total. The molecule has 0 aliphatic heterocycles. The van der Waals surface area contributed by atoms with Crippen molar-refractivity contribution < 1.29 is 4.79 Å². The Kier molecular flexibility index (Phi) is 5.13. The molecule has 4 heteroatoms. The maximum atomic E-state index is 11.1. The van der Waals surface area contributed by atoms with Gasteiger partial charge in [0.15, 0.2) is 0 Å². The van der Waals surface area contributed by atoms with Crippen LogP contribution in [-0.2, 0) is 13.0 Å². The second-order valence-corrected chi connectivity index (χ2v) is 7.00. The summed E-state index contributed by atoms with van der Waals surface area (Å²) in [4.78, 5) is 11.1. The number of halogens is 1. The molecule has 0 aromatic heterocycles. The van der Waals surface area contributed by atoms with Crippen molar-refractivity contribution in [2.75, 3.05) is 0 Å². The Labute approximate surface area is 145 Å². The fourth-order valence-corrected chi connectivity index (χ4v) is 3.60. The van der Waals surface area contributed by atoms with Crippen molar-refractivity contribution in [3.05, 3.63) is 69.2 Å². The van der Waals surface area contributed by atoms with Crippen molar-refractivity contribution >= 4 is 21.8 Å². The van der Waals surface area contributed by atoms with Gasteiger partial charge in [0.05, 0.1) is 0 Å². The van der Waals surface area contributed by atoms with E-state index < -0.39 is 0 Å². The third kappa shape index (κ3) is 4.01. The van der Waals surface area contributed by atoms with Crippen molar-refractivity contribution in [1.29, 1.82) is 0 Å². The number of hydrogen-bond acceptors (Lipinski definition) is 2. The molecule has 2 aromatic carbocycles. The van der Waals surface area contributed by atoms with Crippen molar-refractivity contribution in [2.24, 2.45) is 5.73 Å². The van der Waals surface area contributed by atoms with Crippen molar-refractivity contribution in [3.63, 3.8) is 0 Å². The summed E-state index contributed by atoms with van der Waals surface area (Å²) in [7, 11) is 0. The monoisotopic (exact) mass is 372 g/mol. The molecular weight excluding hydrogens is 352 g/mol. The van der Waals surface area contributed by atoms with E-state index >= 15 is 0 Å². The zero-order valence-corrected chi connectivity index (χ0v) is 14.6. The van der Waals surface area contributed by atoms with Gasteiger partial charge in [-0.15, -0.1) is 0 Å². The van der Waals surface area contributed by atoms with Crippen LogP contribution in [0.1, 0.15) is 52.4 Å². The topological polar surface area (TPSA) is 55.1 Å². The predicted molar refractivity (Wildman–Crippen MR) is 96.2 cm³/mol. The Bertz CT molecular complexity index is 697. The van der Waals surface area contributed by atoms with E-state index in [-0.39, 0.29) is 5.91 Å². The molecule has 0 heterocycles. The van der Waals surface area contributed by atoms with E-state index in [0.717, 1.165) is 29.4 Å². The fourth-order valence-electron chi connectivity index (χ4n) is 3.19. The molecule has 1 unspecified atom stereocenters. The van der Waals surface area contributed by atoms with Crippen LogP contribution < -0.4 is 11.1 Å². The van der Waals surface area contributed by atoms with Crippen LogP contribution in [0.15, 0.2) is 46.9 Å². The number of primary amides is 1. The van der Waals surface area contributed by atoms with Crippen LogP contribution in [0.2, 0.25) is 0 Å². The summed E-state index contributed by atoms with van der Waals surface area (Å²) in [6, 6.07) is 14.5. The Morgan fingerprint density at radius 2 is 1.96 bits per heavy atom. The molecular formula is C19H21BrN2O. The van der Waals surface area contributed by atoms with Gasteiger partial charge < -0.3 is 11.1 Å². The Morgan fingerprint density at radius 3 is 2.70 bits per heavy atom. The largest absolute Gasteiger partial charge is 0.366 e. The number of aryl methyl sites for hydroxylation is 1. The highest BCUT2D eigenvalue weighted by molar-refractivity contribution is 9.10. The molecule has 0 saturated heterocycles. The van der Waals surface area contributed by atoms with Crippen molar-refractivity contribution in [2.45, 2.75) is 38.3 Å². The molecule has 120 valence electrons. The molecule has 1 atom stereocenters. The molecule has 0 bridgehead atoms. The first kappa shape index (κ1) is 16.2. The number of rotatable bonds is 4. The minimum absolute atomic E-state index is 0.382. The van der Waals surface area contributed by atoms with Gasteiger partial charge in [-0.05, 0) is 60.2 Å². The van der Waals surface area contributed by atoms with Gasteiger partial charge in [0.25, 0.3) is 0 Å². The molecule has 1 amide bonds. The third-order valence-corrected chi connectivity index (χ3v) is 4.95. The van der Waals surface area contributed by atoms with E-state index in [1.165, 1.54) is 24.0 Å². The Morgan fingerprint density at radius 1 is 1.17 bits per heavy atom. The summed E-state index contributed by atoms with van der Waals surface area (Å²) < 4.78 is 1.15. The number of nitrogens with two attached hydrogens (primary N) is 1. The fraction of sp³-hybridized carbons (Fsp3) is 0.316. The van der Waals surface area contributed by atoms with Crippen LogP contribution in [0.3, 0.4) is 0 Å². The van der Waals surface area contributed by atoms with Crippen LogP contribution in [-0.4, -0.2) is 5.91 Å². The molecule has 0 saturated carbocycles. The lowest BCUT2D eigenvalue weighted by Gasteiger charge is -2.20. The van der Waals surface area contributed by atoms with Crippen LogP contribution >= 0.6 is 15.9 Å². The van der Waals surface area contributed by atoms with Crippen LogP contribution in [0.25, 0.3) is 0 Å². The SMILES string of the molecule is NC(=O)c1ccc(CNC2CCCCc3cc(Br)ccc32)cc1. The number of carbonyl (C=O) groups is 1. The number of fused-ring (bicyclic) bond motifs is 1. The van der Waals surface area contributed by atoms with E-state index in [4.69, 9.17) is 5.73 Å². The zero-order chi connectivity index (χ0) is 16.2. The van der Waals surface area contributed by atoms with Crippen LogP contribution in [0, 0.1) is 0 Å². The lowest BCUT2D eigenvalue weighted by Crippen LogP contribution is -2.21. The lowest BCUT2D eigenvalue weighted by atomic mass is 9.99. The first-order valence-electron chi connectivity index (χ1n) is 8.04. The van der Waals surface area contributed by atoms with Crippen molar-refractivity contribution in [1.82, 2.24) is 5.32 Å². The summed E-state index contributed by atoms with van der Waals surface area (Å²) in [5.41, 5.74) is 9.86. The smallest absolute Gasteiger partial charge is 0.248 e. The molecule has 1 aliphatic rings. The lowest BCUT2D eigenvalue weighted by molar-refractivity contribution is 0.100.